The number of hydrogen-bond acceptors (Lipinski definition) is 7. The van der Waals surface area contributed by atoms with Crippen LogP contribution >= 0.6 is 11.6 Å². The Labute approximate surface area is 244 Å². The van der Waals surface area contributed by atoms with E-state index < -0.39 is 34.1 Å². The molecule has 2 atom stereocenters. The minimum atomic E-state index is -4.04. The Bertz CT molecular complexity index is 1660. The number of aryl methyl sites for hydroxylation is 3. The molecule has 0 radical (unpaired) electrons. The van der Waals surface area contributed by atoms with Gasteiger partial charge in [-0.1, -0.05) is 17.7 Å². The van der Waals surface area contributed by atoms with Gasteiger partial charge in [-0.15, -0.1) is 0 Å². The van der Waals surface area contributed by atoms with E-state index >= 15 is 0 Å². The number of benzene rings is 3. The van der Waals surface area contributed by atoms with Crippen LogP contribution in [0.3, 0.4) is 0 Å². The molecule has 1 N–H and O–H groups in total. The Morgan fingerprint density at radius 2 is 1.63 bits per heavy atom. The average molecular weight is 596 g/mol. The van der Waals surface area contributed by atoms with Gasteiger partial charge in [0.25, 0.3) is 0 Å². The summed E-state index contributed by atoms with van der Waals surface area (Å²) >= 11 is 5.89. The zero-order valence-corrected chi connectivity index (χ0v) is 24.8. The van der Waals surface area contributed by atoms with Crippen LogP contribution in [-0.4, -0.2) is 43.1 Å². The Morgan fingerprint density at radius 3 is 2.22 bits per heavy atom. The number of hydrogen-bond donors (Lipinski definition) is 1. The number of carbonyl (C=O) groups excluding carboxylic acids is 2. The molecular formula is C30H30ClN3O6S. The van der Waals surface area contributed by atoms with Gasteiger partial charge in [0.05, 0.1) is 23.9 Å². The maximum atomic E-state index is 13.5. The molecule has 0 fully saturated rings. The Morgan fingerprint density at radius 1 is 0.976 bits per heavy atom. The molecule has 3 aromatic carbocycles. The molecule has 0 bridgehead atoms. The first-order valence-electron chi connectivity index (χ1n) is 12.7. The molecule has 0 aliphatic rings. The highest BCUT2D eigenvalue weighted by molar-refractivity contribution is 7.89. The smallest absolute Gasteiger partial charge is 0.337 e. The summed E-state index contributed by atoms with van der Waals surface area (Å²) in [5.74, 6) is -1.27. The zero-order valence-electron chi connectivity index (χ0n) is 23.2. The summed E-state index contributed by atoms with van der Waals surface area (Å²) in [5, 5.41) is 0.386. The van der Waals surface area contributed by atoms with Crippen molar-refractivity contribution in [1.82, 2.24) is 14.3 Å². The van der Waals surface area contributed by atoms with E-state index in [1.165, 1.54) is 38.3 Å². The van der Waals surface area contributed by atoms with Crippen LogP contribution in [0.1, 0.15) is 51.2 Å². The molecule has 214 valence electrons. The van der Waals surface area contributed by atoms with Crippen LogP contribution < -0.4 is 4.72 Å². The molecule has 0 amide bonds. The molecule has 4 rings (SSSR count). The van der Waals surface area contributed by atoms with E-state index in [2.05, 4.69) is 9.71 Å². The van der Waals surface area contributed by atoms with Crippen LogP contribution in [0.15, 0.2) is 78.2 Å². The van der Waals surface area contributed by atoms with Crippen molar-refractivity contribution in [2.24, 2.45) is 0 Å². The summed E-state index contributed by atoms with van der Waals surface area (Å²) in [6, 6.07) is 13.5. The van der Waals surface area contributed by atoms with Gasteiger partial charge in [-0.2, -0.15) is 4.72 Å². The van der Waals surface area contributed by atoms with Crippen LogP contribution in [0.2, 0.25) is 5.02 Å². The van der Waals surface area contributed by atoms with E-state index in [0.717, 1.165) is 11.3 Å². The fraction of sp³-hybridized carbons (Fsp3) is 0.233. The van der Waals surface area contributed by atoms with Gasteiger partial charge in [0.2, 0.25) is 10.0 Å². The van der Waals surface area contributed by atoms with Crippen molar-refractivity contribution in [3.8, 4) is 5.69 Å². The van der Waals surface area contributed by atoms with Crippen molar-refractivity contribution in [3.05, 3.63) is 112 Å². The quantitative estimate of drug-likeness (QED) is 0.263. The zero-order chi connectivity index (χ0) is 29.9. The highest BCUT2D eigenvalue weighted by atomic mass is 35.5. The molecule has 1 unspecified atom stereocenters. The monoisotopic (exact) mass is 595 g/mol. The molecule has 1 heterocycles. The van der Waals surface area contributed by atoms with Crippen LogP contribution in [0, 0.1) is 20.8 Å². The first-order valence-corrected chi connectivity index (χ1v) is 14.5. The van der Waals surface area contributed by atoms with Crippen molar-refractivity contribution in [2.75, 3.05) is 7.11 Å². The molecule has 0 saturated carbocycles. The highest BCUT2D eigenvalue weighted by Crippen LogP contribution is 2.35. The van der Waals surface area contributed by atoms with Gasteiger partial charge >= 0.3 is 11.9 Å². The molecule has 0 spiro atoms. The third-order valence-electron chi connectivity index (χ3n) is 6.67. The second-order valence-electron chi connectivity index (χ2n) is 9.64. The number of nitrogens with zero attached hydrogens (tertiary/aromatic N) is 2. The topological polar surface area (TPSA) is 117 Å². The van der Waals surface area contributed by atoms with Crippen molar-refractivity contribution in [2.45, 2.75) is 44.7 Å². The predicted molar refractivity (Wildman–Crippen MR) is 155 cm³/mol. The number of nitrogens with one attached hydrogen (secondary N) is 1. The van der Waals surface area contributed by atoms with E-state index in [4.69, 9.17) is 21.1 Å². The SMILES string of the molecule is COC(=O)c1cc(C)c(C(OC(=O)[C@H](C)NS(=O)(=O)c2ccc(Cl)cc2)c2cc(-n3ccnc3)ccc2C)c(C)c1. The maximum absolute atomic E-state index is 13.5. The number of aromatic nitrogens is 2. The molecule has 41 heavy (non-hydrogen) atoms. The van der Waals surface area contributed by atoms with Crippen LogP contribution in [0.25, 0.3) is 5.69 Å². The number of carbonyl (C=O) groups is 2. The summed E-state index contributed by atoms with van der Waals surface area (Å²) in [6.45, 7) is 6.95. The molecule has 0 aliphatic heterocycles. The van der Waals surface area contributed by atoms with Crippen LogP contribution in [0.4, 0.5) is 0 Å². The molecule has 0 saturated heterocycles. The first kappa shape index (κ1) is 30.0. The Balaban J connectivity index is 1.75. The van der Waals surface area contributed by atoms with Gasteiger partial charge in [-0.3, -0.25) is 4.79 Å². The Kier molecular flexibility index (Phi) is 8.96. The number of ether oxygens (including phenoxy) is 2. The normalized spacial score (nSPS) is 12.9. The van der Waals surface area contributed by atoms with E-state index in [0.29, 0.717) is 32.8 Å². The van der Waals surface area contributed by atoms with E-state index in [1.807, 2.05) is 43.5 Å². The molecule has 0 aliphatic carbocycles. The Hall–Kier alpha value is -3.99. The van der Waals surface area contributed by atoms with Crippen LogP contribution in [0.5, 0.6) is 0 Å². The number of rotatable bonds is 9. The van der Waals surface area contributed by atoms with Crippen molar-refractivity contribution in [1.29, 1.82) is 0 Å². The molecule has 4 aromatic rings. The summed E-state index contributed by atoms with van der Waals surface area (Å²) in [6.07, 6.45) is 4.20. The van der Waals surface area contributed by atoms with Gasteiger partial charge in [0.1, 0.15) is 6.04 Å². The summed E-state index contributed by atoms with van der Waals surface area (Å²) < 4.78 is 41.1. The number of methoxy groups -OCH3 is 1. The summed E-state index contributed by atoms with van der Waals surface area (Å²) in [5.41, 5.74) is 4.76. The fourth-order valence-corrected chi connectivity index (χ4v) is 5.88. The minimum absolute atomic E-state index is 0.0351. The first-order chi connectivity index (χ1) is 19.4. The van der Waals surface area contributed by atoms with Gasteiger partial charge in [0.15, 0.2) is 6.10 Å². The number of sulfonamides is 1. The molecular weight excluding hydrogens is 566 g/mol. The summed E-state index contributed by atoms with van der Waals surface area (Å²) in [4.78, 5) is 29.8. The second kappa shape index (κ2) is 12.3. The van der Waals surface area contributed by atoms with Gasteiger partial charge in [-0.05, 0) is 92.9 Å². The number of imidazole rings is 1. The lowest BCUT2D eigenvalue weighted by molar-refractivity contribution is -0.149. The molecule has 11 heteroatoms. The standard InChI is InChI=1S/C30H30ClN3O6S/c1-18-6-9-24(34-13-12-32-17-34)16-26(18)28(27-19(2)14-22(15-20(27)3)30(36)39-5)40-29(35)21(4)33-41(37,38)25-10-7-23(31)8-11-25/h6-17,21,28,33H,1-5H3/t21-,28?/m0/s1. The van der Waals surface area contributed by atoms with E-state index in [9.17, 15) is 18.0 Å². The fourth-order valence-electron chi connectivity index (χ4n) is 4.57. The van der Waals surface area contributed by atoms with Crippen LogP contribution in [-0.2, 0) is 24.3 Å². The predicted octanol–water partition coefficient (Wildman–Crippen LogP) is 5.24. The third-order valence-corrected chi connectivity index (χ3v) is 8.48. The average Bonchev–Trinajstić information content (AvgIpc) is 3.47. The summed E-state index contributed by atoms with van der Waals surface area (Å²) in [7, 11) is -2.73. The lowest BCUT2D eigenvalue weighted by Crippen LogP contribution is -2.40. The number of esters is 2. The minimum Gasteiger partial charge on any atom is -0.465 e. The largest absolute Gasteiger partial charge is 0.465 e. The second-order valence-corrected chi connectivity index (χ2v) is 11.8. The van der Waals surface area contributed by atoms with Crippen molar-refractivity contribution >= 4 is 33.6 Å². The third kappa shape index (κ3) is 6.67. The molecule has 9 nitrogen and oxygen atoms in total. The molecule has 1 aromatic heterocycles. The maximum Gasteiger partial charge on any atom is 0.337 e. The van der Waals surface area contributed by atoms with Gasteiger partial charge in [-0.25, -0.2) is 18.2 Å². The lowest BCUT2D eigenvalue weighted by Gasteiger charge is -2.26. The van der Waals surface area contributed by atoms with Gasteiger partial charge in [0, 0.05) is 34.2 Å². The highest BCUT2D eigenvalue weighted by Gasteiger charge is 2.30. The number of halogens is 1. The lowest BCUT2D eigenvalue weighted by atomic mass is 9.89. The van der Waals surface area contributed by atoms with Crippen molar-refractivity contribution in [3.63, 3.8) is 0 Å². The van der Waals surface area contributed by atoms with E-state index in [-0.39, 0.29) is 4.90 Å². The van der Waals surface area contributed by atoms with Gasteiger partial charge < -0.3 is 14.0 Å². The van der Waals surface area contributed by atoms with E-state index in [1.54, 1.807) is 30.9 Å². The van der Waals surface area contributed by atoms with Crippen molar-refractivity contribution < 1.29 is 27.5 Å².